The topological polar surface area (TPSA) is 442 Å². The summed E-state index contributed by atoms with van der Waals surface area (Å²) in [6, 6.07) is 0. The van der Waals surface area contributed by atoms with Crippen LogP contribution in [0.2, 0.25) is 131 Å². The van der Waals surface area contributed by atoms with Crippen molar-refractivity contribution in [3.63, 3.8) is 0 Å². The van der Waals surface area contributed by atoms with E-state index in [9.17, 15) is 14.4 Å². The van der Waals surface area contributed by atoms with Crippen molar-refractivity contribution in [2.24, 2.45) is 0 Å². The maximum atomic E-state index is 9.75. The fourth-order valence-corrected chi connectivity index (χ4v) is 28.2. The molecule has 0 saturated carbocycles. The first kappa shape index (κ1) is 131. The van der Waals surface area contributed by atoms with Crippen LogP contribution in [0.1, 0.15) is 59.4 Å². The lowest BCUT2D eigenvalue weighted by Crippen LogP contribution is -2.49. The fraction of sp³-hybridized carbons (Fsp3) is 0.875. The van der Waals surface area contributed by atoms with Gasteiger partial charge in [-0.15, -0.1) is 0 Å². The van der Waals surface area contributed by atoms with Crippen LogP contribution in [0.25, 0.3) is 0 Å². The largest absolute Gasteiger partial charge is 0.514 e. The summed E-state index contributed by atoms with van der Waals surface area (Å²) in [6.45, 7) is 42.4. The molecule has 18 N–H and O–H groups in total. The molecule has 0 aromatic heterocycles. The Morgan fingerprint density at radius 1 is 0.355 bits per heavy atom. The van der Waals surface area contributed by atoms with Gasteiger partial charge in [0.2, 0.25) is 0 Å². The molecule has 0 aliphatic heterocycles. The number of ether oxygens (including phenoxy) is 1. The molecule has 402 valence electrons. The second-order valence-electron chi connectivity index (χ2n) is 16.0. The van der Waals surface area contributed by atoms with Gasteiger partial charge in [0.25, 0.3) is 0 Å². The minimum atomic E-state index is -3.73. The Kier molecular flexibility index (Phi) is 114. The molecular weight excluding hydrogens is 961 g/mol. The Morgan fingerprint density at radius 3 is 0.500 bits per heavy atom. The molecule has 0 atom stereocenters. The van der Waals surface area contributed by atoms with Crippen LogP contribution >= 0.6 is 0 Å². The summed E-state index contributed by atoms with van der Waals surface area (Å²) in [5, 5.41) is 15.3. The second kappa shape index (κ2) is 54.3. The Balaban J connectivity index is -0.0000000184. The predicted molar refractivity (Wildman–Crippen MR) is 279 cm³/mol. The number of hydrogen-bond donors (Lipinski definition) is 6. The number of aliphatic carboxylic acids is 1. The van der Waals surface area contributed by atoms with Gasteiger partial charge in [-0.1, -0.05) is 59.4 Å². The monoisotopic (exact) mass is 1070 g/mol. The molecule has 0 amide bonds. The van der Waals surface area contributed by atoms with Crippen LogP contribution in [0.3, 0.4) is 0 Å². The van der Waals surface area contributed by atoms with Gasteiger partial charge in [-0.2, -0.15) is 9.59 Å². The zero-order valence-corrected chi connectivity index (χ0v) is 43.8. The normalized spacial score (nSPS) is 9.42. The molecule has 0 saturated heterocycles. The van der Waals surface area contributed by atoms with Crippen LogP contribution in [0.4, 0.5) is 4.79 Å². The number of carbonyl (C=O) groups excluding carboxylic acids is 3. The number of carboxylic acids is 1. The maximum Gasteiger partial charge on any atom is 0.514 e. The average molecular weight is 1070 g/mol. The van der Waals surface area contributed by atoms with Crippen LogP contribution in [-0.4, -0.2) is 154 Å². The minimum absolute atomic E-state index is 0. The van der Waals surface area contributed by atoms with Crippen molar-refractivity contribution >= 4 is 91.8 Å². The van der Waals surface area contributed by atoms with E-state index >= 15 is 0 Å². The molecule has 0 bridgehead atoms. The van der Waals surface area contributed by atoms with Crippen molar-refractivity contribution in [2.45, 2.75) is 190 Å². The number of carbonyl (C=O) groups is 3. The summed E-state index contributed by atoms with van der Waals surface area (Å²) in [7, 11) is -14.8. The summed E-state index contributed by atoms with van der Waals surface area (Å²) in [4.78, 5) is 79.1. The lowest BCUT2D eigenvalue weighted by atomic mass is 10.7. The highest BCUT2D eigenvalue weighted by atomic mass is 28.5. The quantitative estimate of drug-likeness (QED) is 0.0808. The molecule has 0 radical (unpaired) electrons. The van der Waals surface area contributed by atoms with Crippen LogP contribution < -0.4 is 0 Å². The Morgan fingerprint density at radius 2 is 0.484 bits per heavy atom. The van der Waals surface area contributed by atoms with Crippen molar-refractivity contribution in [2.75, 3.05) is 0 Å². The van der Waals surface area contributed by atoms with Gasteiger partial charge in [-0.05, 0) is 118 Å². The molecule has 0 unspecified atom stereocenters. The smallest absolute Gasteiger partial charge is 0.473 e. The van der Waals surface area contributed by atoms with E-state index in [0.29, 0.717) is 0 Å². The summed E-state index contributed by atoms with van der Waals surface area (Å²) in [5.74, 6) is -3.74. The Hall–Kier alpha value is -1.03. The van der Waals surface area contributed by atoms with E-state index in [-0.39, 0.29) is 98.4 Å². The van der Waals surface area contributed by atoms with Crippen LogP contribution in [0.15, 0.2) is 0 Å². The first-order chi connectivity index (χ1) is 20.3. The first-order valence-corrected chi connectivity index (χ1v) is 39.7. The van der Waals surface area contributed by atoms with Crippen molar-refractivity contribution in [1.29, 1.82) is 0 Å². The van der Waals surface area contributed by atoms with Crippen LogP contribution in [0, 0.1) is 0 Å². The van der Waals surface area contributed by atoms with E-state index in [1.165, 1.54) is 0 Å². The molecular formula is C32H110O22Si8. The number of hydrogen-bond acceptors (Lipinski definition) is 14. The van der Waals surface area contributed by atoms with Gasteiger partial charge in [0, 0.05) is 13.1 Å². The summed E-state index contributed by atoms with van der Waals surface area (Å²) < 4.78 is 25.0. The van der Waals surface area contributed by atoms with Gasteiger partial charge < -0.3 is 83.5 Å². The van der Waals surface area contributed by atoms with E-state index < -0.39 is 85.6 Å². The molecule has 0 aliphatic carbocycles. The average Bonchev–Trinajstić information content (AvgIpc) is 2.57. The zero-order chi connectivity index (χ0) is 41.0. The molecule has 62 heavy (non-hydrogen) atoms. The standard InChI is InChI=1S/3C6H18OSi2.C3H2O6.C2H10O5Si2.CO2.8CH4.6H2O/c3*1-8(2,3)7-9(4,5)6;4-1(5)2(6)9-3(7)8;1-8(3,4)7-9(2,5)6;2-1-3;;;;;;;;;;;;;;/h3*1-6H3;(H,4,5)(H,7,8);3-6H,1-2H3;;8*1H4;6*1H2. The molecule has 30 heteroatoms. The molecule has 0 fully saturated rings. The highest BCUT2D eigenvalue weighted by Gasteiger charge is 2.37. The van der Waals surface area contributed by atoms with Gasteiger partial charge in [-0.25, -0.2) is 14.4 Å². The van der Waals surface area contributed by atoms with Crippen LogP contribution in [0.5, 0.6) is 0 Å². The van der Waals surface area contributed by atoms with E-state index in [1.807, 2.05) is 0 Å². The maximum absolute atomic E-state index is 9.75. The van der Waals surface area contributed by atoms with Gasteiger partial charge in [0.05, 0.1) is 0 Å². The first-order valence-electron chi connectivity index (χ1n) is 14.7. The minimum Gasteiger partial charge on any atom is -0.473 e. The molecule has 0 aromatic rings. The SMILES string of the molecule is C.C.C.C.C.C.C.C.C[Si](C)(C)O[Si](C)(C)C.C[Si](C)(C)O[Si](C)(C)C.C[Si](C)(C)O[Si](C)(C)C.C[Si](O)(O)O[Si](C)(O)O.O.O.O.O.O.O.O=C(O)OC(=O)C(=O)O.O=C=O. The third-order valence-corrected chi connectivity index (χ3v) is 20.4. The summed E-state index contributed by atoms with van der Waals surface area (Å²) in [5.41, 5.74) is 0. The third-order valence-electron chi connectivity index (χ3n) is 2.58. The highest BCUT2D eigenvalue weighted by molar-refractivity contribution is 6.84. The molecule has 0 aliphatic rings. The molecule has 0 aromatic carbocycles. The lowest BCUT2D eigenvalue weighted by Gasteiger charge is -2.27. The van der Waals surface area contributed by atoms with E-state index in [4.69, 9.17) is 51.3 Å². The number of rotatable bonds is 8. The van der Waals surface area contributed by atoms with Gasteiger partial charge >= 0.3 is 41.9 Å². The van der Waals surface area contributed by atoms with Crippen molar-refractivity contribution in [1.82, 2.24) is 0 Å². The Bertz CT molecular complexity index is 802. The van der Waals surface area contributed by atoms with Crippen molar-refractivity contribution in [3.8, 4) is 0 Å². The summed E-state index contributed by atoms with van der Waals surface area (Å²) >= 11 is 0. The molecule has 0 spiro atoms. The predicted octanol–water partition coefficient (Wildman–Crippen LogP) is 4.98. The van der Waals surface area contributed by atoms with E-state index in [2.05, 4.69) is 127 Å². The molecule has 22 nitrogen and oxygen atoms in total. The molecule has 0 heterocycles. The van der Waals surface area contributed by atoms with Gasteiger partial charge in [-0.3, -0.25) is 0 Å². The summed E-state index contributed by atoms with van der Waals surface area (Å²) in [6.07, 6.45) is -1.68. The van der Waals surface area contributed by atoms with Gasteiger partial charge in [0.15, 0.2) is 49.9 Å². The fourth-order valence-electron chi connectivity index (χ4n) is 3.24. The third kappa shape index (κ3) is 207. The number of carboxylic acid groups (broad SMARTS) is 2. The second-order valence-corrected chi connectivity index (χ2v) is 48.3. The number of esters is 1. The zero-order valence-electron chi connectivity index (χ0n) is 35.8. The van der Waals surface area contributed by atoms with E-state index in [1.54, 1.807) is 0 Å². The van der Waals surface area contributed by atoms with Crippen molar-refractivity contribution in [3.05, 3.63) is 0 Å². The highest BCUT2D eigenvalue weighted by Crippen LogP contribution is 2.14. The van der Waals surface area contributed by atoms with Gasteiger partial charge in [0.1, 0.15) is 0 Å². The van der Waals surface area contributed by atoms with Crippen LogP contribution in [-0.2, 0) is 40.4 Å². The molecule has 0 rings (SSSR count). The lowest BCUT2D eigenvalue weighted by molar-refractivity contribution is -0.191. The van der Waals surface area contributed by atoms with Crippen molar-refractivity contribution < 1.29 is 107 Å². The van der Waals surface area contributed by atoms with E-state index in [0.717, 1.165) is 13.1 Å². The Labute approximate surface area is 388 Å².